The number of benzene rings is 1. The van der Waals surface area contributed by atoms with Gasteiger partial charge in [0.15, 0.2) is 5.82 Å². The number of aryl methyl sites for hydroxylation is 1. The van der Waals surface area contributed by atoms with Crippen molar-refractivity contribution in [2.24, 2.45) is 0 Å². The van der Waals surface area contributed by atoms with Gasteiger partial charge in [-0.2, -0.15) is 10.4 Å². The van der Waals surface area contributed by atoms with Gasteiger partial charge in [-0.05, 0) is 31.0 Å². The third-order valence-electron chi connectivity index (χ3n) is 3.78. The monoisotopic (exact) mass is 280 g/mol. The van der Waals surface area contributed by atoms with E-state index in [0.29, 0.717) is 17.9 Å². The number of fused-ring (bicyclic) bond motifs is 1. The van der Waals surface area contributed by atoms with Crippen LogP contribution in [0.4, 0.5) is 5.82 Å². The van der Waals surface area contributed by atoms with Crippen LogP contribution in [0.15, 0.2) is 24.3 Å². The Morgan fingerprint density at radius 3 is 2.90 bits per heavy atom. The first-order chi connectivity index (χ1) is 10.2. The third-order valence-corrected chi connectivity index (χ3v) is 3.78. The fourth-order valence-corrected chi connectivity index (χ4v) is 2.45. The van der Waals surface area contributed by atoms with Crippen molar-refractivity contribution in [3.8, 4) is 11.8 Å². The molecule has 0 fully saturated rings. The summed E-state index contributed by atoms with van der Waals surface area (Å²) in [6.07, 6.45) is 0.918. The van der Waals surface area contributed by atoms with E-state index in [1.165, 1.54) is 5.56 Å². The molecule has 1 aliphatic heterocycles. The standard InChI is InChI=1S/C16H16N4O/c1-10-11(2)19-20-16(14(10)8-17)18-9-13-7-12-5-3-4-6-15(12)21-13/h3-6,13H,7,9H2,1-2H3,(H,18,20)/t13-/m1/s1. The van der Waals surface area contributed by atoms with Crippen LogP contribution in [0, 0.1) is 25.2 Å². The number of anilines is 1. The average molecular weight is 280 g/mol. The lowest BCUT2D eigenvalue weighted by atomic mass is 10.1. The number of para-hydroxylation sites is 1. The first-order valence-corrected chi connectivity index (χ1v) is 6.91. The van der Waals surface area contributed by atoms with Gasteiger partial charge in [0.05, 0.1) is 12.2 Å². The molecule has 1 atom stereocenters. The number of hydrogen-bond acceptors (Lipinski definition) is 5. The van der Waals surface area contributed by atoms with Crippen LogP contribution < -0.4 is 10.1 Å². The molecule has 0 bridgehead atoms. The zero-order valence-electron chi connectivity index (χ0n) is 12.1. The Bertz CT molecular complexity index is 696. The molecule has 1 aliphatic rings. The van der Waals surface area contributed by atoms with Crippen molar-refractivity contribution >= 4 is 5.82 Å². The van der Waals surface area contributed by atoms with Crippen LogP contribution in [0.3, 0.4) is 0 Å². The molecule has 0 spiro atoms. The van der Waals surface area contributed by atoms with Gasteiger partial charge in [0.2, 0.25) is 0 Å². The lowest BCUT2D eigenvalue weighted by molar-refractivity contribution is 0.246. The van der Waals surface area contributed by atoms with Gasteiger partial charge in [-0.3, -0.25) is 0 Å². The Morgan fingerprint density at radius 1 is 1.33 bits per heavy atom. The van der Waals surface area contributed by atoms with Crippen LogP contribution in [0.5, 0.6) is 5.75 Å². The summed E-state index contributed by atoms with van der Waals surface area (Å²) >= 11 is 0. The van der Waals surface area contributed by atoms with Crippen LogP contribution in [0.25, 0.3) is 0 Å². The molecular formula is C16H16N4O. The SMILES string of the molecule is Cc1nnc(NC[C@H]2Cc3ccccc3O2)c(C#N)c1C. The van der Waals surface area contributed by atoms with Crippen LogP contribution in [0.2, 0.25) is 0 Å². The first-order valence-electron chi connectivity index (χ1n) is 6.91. The molecule has 3 rings (SSSR count). The quantitative estimate of drug-likeness (QED) is 0.934. The number of nitrogens with zero attached hydrogens (tertiary/aromatic N) is 3. The summed E-state index contributed by atoms with van der Waals surface area (Å²) in [5.41, 5.74) is 3.42. The largest absolute Gasteiger partial charge is 0.488 e. The van der Waals surface area contributed by atoms with Crippen LogP contribution in [-0.2, 0) is 6.42 Å². The highest BCUT2D eigenvalue weighted by Gasteiger charge is 2.22. The van der Waals surface area contributed by atoms with Crippen molar-refractivity contribution in [1.29, 1.82) is 5.26 Å². The number of rotatable bonds is 3. The molecule has 0 unspecified atom stereocenters. The van der Waals surface area contributed by atoms with Crippen molar-refractivity contribution in [1.82, 2.24) is 10.2 Å². The van der Waals surface area contributed by atoms with Crippen LogP contribution >= 0.6 is 0 Å². The van der Waals surface area contributed by atoms with Crippen LogP contribution in [-0.4, -0.2) is 22.8 Å². The minimum Gasteiger partial charge on any atom is -0.488 e. The zero-order chi connectivity index (χ0) is 14.8. The van der Waals surface area contributed by atoms with Crippen LogP contribution in [0.1, 0.15) is 22.4 Å². The van der Waals surface area contributed by atoms with Gasteiger partial charge in [0.25, 0.3) is 0 Å². The minimum atomic E-state index is 0.0531. The topological polar surface area (TPSA) is 70.8 Å². The number of aromatic nitrogens is 2. The summed E-state index contributed by atoms with van der Waals surface area (Å²) < 4.78 is 5.86. The lowest BCUT2D eigenvalue weighted by Crippen LogP contribution is -2.25. The Morgan fingerprint density at radius 2 is 2.14 bits per heavy atom. The van der Waals surface area contributed by atoms with E-state index in [2.05, 4.69) is 27.6 Å². The summed E-state index contributed by atoms with van der Waals surface area (Å²) in [5.74, 6) is 1.47. The zero-order valence-corrected chi connectivity index (χ0v) is 12.1. The number of hydrogen-bond donors (Lipinski definition) is 1. The summed E-state index contributed by atoms with van der Waals surface area (Å²) in [4.78, 5) is 0. The molecule has 0 amide bonds. The number of nitriles is 1. The fourth-order valence-electron chi connectivity index (χ4n) is 2.45. The maximum absolute atomic E-state index is 9.27. The molecule has 2 aromatic rings. The van der Waals surface area contributed by atoms with Crippen molar-refractivity contribution in [3.63, 3.8) is 0 Å². The highest BCUT2D eigenvalue weighted by Crippen LogP contribution is 2.28. The van der Waals surface area contributed by atoms with E-state index in [1.54, 1.807) is 0 Å². The maximum atomic E-state index is 9.27. The van der Waals surface area contributed by atoms with Gasteiger partial charge >= 0.3 is 0 Å². The Labute approximate surface area is 123 Å². The normalized spacial score (nSPS) is 16.0. The third kappa shape index (κ3) is 2.52. The smallest absolute Gasteiger partial charge is 0.167 e. The Kier molecular flexibility index (Phi) is 3.44. The first kappa shape index (κ1) is 13.4. The molecule has 1 N–H and O–H groups in total. The highest BCUT2D eigenvalue weighted by atomic mass is 16.5. The molecule has 5 nitrogen and oxygen atoms in total. The molecule has 1 aromatic carbocycles. The lowest BCUT2D eigenvalue weighted by Gasteiger charge is -2.13. The molecule has 2 heterocycles. The van der Waals surface area contributed by atoms with E-state index >= 15 is 0 Å². The summed E-state index contributed by atoms with van der Waals surface area (Å²) in [6, 6.07) is 10.2. The van der Waals surface area contributed by atoms with Crippen molar-refractivity contribution in [2.75, 3.05) is 11.9 Å². The summed E-state index contributed by atoms with van der Waals surface area (Å²) in [6.45, 7) is 4.33. The van der Waals surface area contributed by atoms with E-state index < -0.39 is 0 Å². The fraction of sp³-hybridized carbons (Fsp3) is 0.312. The number of nitrogens with one attached hydrogen (secondary N) is 1. The molecule has 0 saturated carbocycles. The number of ether oxygens (including phenoxy) is 1. The van der Waals surface area contributed by atoms with E-state index in [4.69, 9.17) is 4.74 Å². The summed E-state index contributed by atoms with van der Waals surface area (Å²) in [5, 5.41) is 20.6. The van der Waals surface area contributed by atoms with Gasteiger partial charge in [-0.1, -0.05) is 18.2 Å². The molecule has 0 aliphatic carbocycles. The Balaban J connectivity index is 1.70. The maximum Gasteiger partial charge on any atom is 0.167 e. The molecule has 21 heavy (non-hydrogen) atoms. The van der Waals surface area contributed by atoms with E-state index in [9.17, 15) is 5.26 Å². The average Bonchev–Trinajstić information content (AvgIpc) is 2.91. The van der Waals surface area contributed by atoms with E-state index in [0.717, 1.165) is 23.4 Å². The predicted octanol–water partition coefficient (Wildman–Crippen LogP) is 2.38. The van der Waals surface area contributed by atoms with Gasteiger partial charge in [0.1, 0.15) is 23.5 Å². The molecule has 106 valence electrons. The van der Waals surface area contributed by atoms with Gasteiger partial charge in [-0.15, -0.1) is 5.10 Å². The van der Waals surface area contributed by atoms with Gasteiger partial charge in [-0.25, -0.2) is 0 Å². The van der Waals surface area contributed by atoms with Crippen molar-refractivity contribution in [2.45, 2.75) is 26.4 Å². The van der Waals surface area contributed by atoms with Gasteiger partial charge in [0, 0.05) is 6.42 Å². The second kappa shape index (κ2) is 5.41. The van der Waals surface area contributed by atoms with E-state index in [1.807, 2.05) is 32.0 Å². The molecule has 5 heteroatoms. The molecule has 0 saturated heterocycles. The van der Waals surface area contributed by atoms with Gasteiger partial charge < -0.3 is 10.1 Å². The minimum absolute atomic E-state index is 0.0531. The molecule has 0 radical (unpaired) electrons. The van der Waals surface area contributed by atoms with Crippen molar-refractivity contribution in [3.05, 3.63) is 46.6 Å². The molecular weight excluding hydrogens is 264 g/mol. The second-order valence-corrected chi connectivity index (χ2v) is 5.18. The Hall–Kier alpha value is -2.61. The second-order valence-electron chi connectivity index (χ2n) is 5.18. The van der Waals surface area contributed by atoms with Crippen molar-refractivity contribution < 1.29 is 4.74 Å². The highest BCUT2D eigenvalue weighted by molar-refractivity contribution is 5.56. The summed E-state index contributed by atoms with van der Waals surface area (Å²) in [7, 11) is 0. The predicted molar refractivity (Wildman–Crippen MR) is 79.3 cm³/mol. The van der Waals surface area contributed by atoms with E-state index in [-0.39, 0.29) is 6.10 Å². The molecule has 1 aromatic heterocycles.